The Hall–Kier alpha value is -2.38. The van der Waals surface area contributed by atoms with Crippen LogP contribution >= 0.6 is 0 Å². The fraction of sp³-hybridized carbons (Fsp3) is 0.294. The van der Waals surface area contributed by atoms with Gasteiger partial charge in [0.05, 0.1) is 5.56 Å². The average molecular weight is 361 g/mol. The van der Waals surface area contributed by atoms with E-state index in [4.69, 9.17) is 4.74 Å². The molecule has 1 aliphatic heterocycles. The zero-order chi connectivity index (χ0) is 18.2. The number of ether oxygens (including phenoxy) is 1. The van der Waals surface area contributed by atoms with Gasteiger partial charge in [-0.3, -0.25) is 0 Å². The second-order valence-electron chi connectivity index (χ2n) is 5.68. The number of benzene rings is 2. The third-order valence-electron chi connectivity index (χ3n) is 3.92. The minimum absolute atomic E-state index is 0.112. The summed E-state index contributed by atoms with van der Waals surface area (Å²) in [6.07, 6.45) is -2.97. The van der Waals surface area contributed by atoms with E-state index in [0.717, 1.165) is 32.0 Å². The Morgan fingerprint density at radius 2 is 1.44 bits per heavy atom. The quantitative estimate of drug-likeness (QED) is 0.668. The summed E-state index contributed by atoms with van der Waals surface area (Å²) in [5.74, 6) is -5.52. The van der Waals surface area contributed by atoms with Crippen molar-refractivity contribution in [3.63, 3.8) is 0 Å². The molecule has 0 unspecified atom stereocenters. The molecule has 3 rings (SSSR count). The van der Waals surface area contributed by atoms with Crippen LogP contribution in [0, 0.1) is 17.5 Å². The molecule has 2 aromatic carbocycles. The molecule has 0 aliphatic carbocycles. The summed E-state index contributed by atoms with van der Waals surface area (Å²) in [7, 11) is 0. The Bertz CT molecular complexity index is 760. The second-order valence-corrected chi connectivity index (χ2v) is 5.68. The summed E-state index contributed by atoms with van der Waals surface area (Å²) in [5.41, 5.74) is -0.872. The van der Waals surface area contributed by atoms with Gasteiger partial charge in [-0.15, -0.1) is 0 Å². The molecular formula is C17H13F6NO. The van der Waals surface area contributed by atoms with Crippen LogP contribution in [0.1, 0.15) is 18.4 Å². The standard InChI is InChI=1S/C17H13F6NO/c18-12-4-3-11(24-5-1-2-6-24)9-15(12)25-16-13(19)7-10(8-14(16)20)17(21,22)23/h3-4,7-9H,1-2,5-6H2. The maximum absolute atomic E-state index is 13.9. The van der Waals surface area contributed by atoms with Crippen molar-refractivity contribution in [3.05, 3.63) is 53.3 Å². The number of halogens is 6. The first kappa shape index (κ1) is 17.4. The molecule has 8 heteroatoms. The fourth-order valence-electron chi connectivity index (χ4n) is 2.67. The Kier molecular flexibility index (Phi) is 4.53. The molecule has 0 saturated carbocycles. The van der Waals surface area contributed by atoms with Crippen molar-refractivity contribution in [2.45, 2.75) is 19.0 Å². The number of hydrogen-bond acceptors (Lipinski definition) is 2. The predicted molar refractivity (Wildman–Crippen MR) is 79.3 cm³/mol. The molecule has 2 aromatic rings. The van der Waals surface area contributed by atoms with Crippen LogP contribution in [0.25, 0.3) is 0 Å². The van der Waals surface area contributed by atoms with Crippen LogP contribution in [0.4, 0.5) is 32.0 Å². The van der Waals surface area contributed by atoms with E-state index in [2.05, 4.69) is 0 Å². The molecule has 1 fully saturated rings. The van der Waals surface area contributed by atoms with Crippen molar-refractivity contribution < 1.29 is 31.1 Å². The van der Waals surface area contributed by atoms with E-state index in [9.17, 15) is 26.3 Å². The smallest absolute Gasteiger partial charge is 0.416 e. The third kappa shape index (κ3) is 3.67. The zero-order valence-electron chi connectivity index (χ0n) is 12.8. The Morgan fingerprint density at radius 3 is 2.00 bits per heavy atom. The van der Waals surface area contributed by atoms with Gasteiger partial charge in [0.25, 0.3) is 0 Å². The molecule has 0 amide bonds. The molecule has 0 bridgehead atoms. The molecular weight excluding hydrogens is 348 g/mol. The summed E-state index contributed by atoms with van der Waals surface area (Å²) in [5, 5.41) is 0. The van der Waals surface area contributed by atoms with Crippen LogP contribution < -0.4 is 9.64 Å². The first-order valence-electron chi connectivity index (χ1n) is 7.54. The molecule has 1 heterocycles. The Balaban J connectivity index is 1.93. The van der Waals surface area contributed by atoms with E-state index < -0.39 is 40.7 Å². The van der Waals surface area contributed by atoms with E-state index in [-0.39, 0.29) is 12.1 Å². The SMILES string of the molecule is Fc1ccc(N2CCCC2)cc1Oc1c(F)cc(C(F)(F)F)cc1F. The zero-order valence-corrected chi connectivity index (χ0v) is 12.8. The van der Waals surface area contributed by atoms with Crippen molar-refractivity contribution >= 4 is 5.69 Å². The van der Waals surface area contributed by atoms with Crippen molar-refractivity contribution in [3.8, 4) is 11.5 Å². The topological polar surface area (TPSA) is 12.5 Å². The lowest BCUT2D eigenvalue weighted by atomic mass is 10.2. The Labute approximate surface area is 139 Å². The lowest BCUT2D eigenvalue weighted by molar-refractivity contribution is -0.138. The molecule has 0 atom stereocenters. The maximum atomic E-state index is 13.9. The number of nitrogens with zero attached hydrogens (tertiary/aromatic N) is 1. The number of rotatable bonds is 3. The molecule has 0 spiro atoms. The monoisotopic (exact) mass is 361 g/mol. The number of alkyl halides is 3. The summed E-state index contributed by atoms with van der Waals surface area (Å²) >= 11 is 0. The lowest BCUT2D eigenvalue weighted by Crippen LogP contribution is -2.17. The number of hydrogen-bond donors (Lipinski definition) is 0. The first-order chi connectivity index (χ1) is 11.8. The summed E-state index contributed by atoms with van der Waals surface area (Å²) < 4.78 is 84.2. The molecule has 0 radical (unpaired) electrons. The molecule has 25 heavy (non-hydrogen) atoms. The van der Waals surface area contributed by atoms with Crippen LogP contribution in [0.15, 0.2) is 30.3 Å². The van der Waals surface area contributed by atoms with Gasteiger partial charge in [0, 0.05) is 24.8 Å². The van der Waals surface area contributed by atoms with Gasteiger partial charge in [0.2, 0.25) is 0 Å². The van der Waals surface area contributed by atoms with Gasteiger partial charge in [-0.25, -0.2) is 13.2 Å². The molecule has 0 N–H and O–H groups in total. The highest BCUT2D eigenvalue weighted by atomic mass is 19.4. The van der Waals surface area contributed by atoms with Crippen molar-refractivity contribution in [2.75, 3.05) is 18.0 Å². The second kappa shape index (κ2) is 6.50. The van der Waals surface area contributed by atoms with Crippen LogP contribution in [0.5, 0.6) is 11.5 Å². The normalized spacial score (nSPS) is 14.9. The average Bonchev–Trinajstić information content (AvgIpc) is 3.05. The van der Waals surface area contributed by atoms with Gasteiger partial charge in [-0.05, 0) is 37.1 Å². The predicted octanol–water partition coefficient (Wildman–Crippen LogP) is 5.52. The van der Waals surface area contributed by atoms with Crippen molar-refractivity contribution in [1.82, 2.24) is 0 Å². The molecule has 0 aromatic heterocycles. The highest BCUT2D eigenvalue weighted by Crippen LogP contribution is 2.37. The van der Waals surface area contributed by atoms with E-state index in [1.807, 2.05) is 4.90 Å². The van der Waals surface area contributed by atoms with Crippen molar-refractivity contribution in [1.29, 1.82) is 0 Å². The highest BCUT2D eigenvalue weighted by Gasteiger charge is 2.33. The molecule has 134 valence electrons. The molecule has 1 aliphatic rings. The van der Waals surface area contributed by atoms with Gasteiger partial charge in [-0.1, -0.05) is 0 Å². The molecule has 2 nitrogen and oxygen atoms in total. The van der Waals surface area contributed by atoms with E-state index >= 15 is 0 Å². The Morgan fingerprint density at radius 1 is 0.840 bits per heavy atom. The van der Waals surface area contributed by atoms with E-state index in [1.165, 1.54) is 12.1 Å². The van der Waals surface area contributed by atoms with Gasteiger partial charge in [0.15, 0.2) is 29.0 Å². The van der Waals surface area contributed by atoms with Crippen LogP contribution in [0.3, 0.4) is 0 Å². The van der Waals surface area contributed by atoms with Crippen LogP contribution in [-0.2, 0) is 6.18 Å². The summed E-state index contributed by atoms with van der Waals surface area (Å²) in [4.78, 5) is 1.95. The van der Waals surface area contributed by atoms with Crippen molar-refractivity contribution in [2.24, 2.45) is 0 Å². The maximum Gasteiger partial charge on any atom is 0.416 e. The van der Waals surface area contributed by atoms with E-state index in [1.54, 1.807) is 0 Å². The van der Waals surface area contributed by atoms with Crippen LogP contribution in [-0.4, -0.2) is 13.1 Å². The highest BCUT2D eigenvalue weighted by molar-refractivity contribution is 5.53. The minimum atomic E-state index is -4.90. The van der Waals surface area contributed by atoms with Gasteiger partial charge >= 0.3 is 6.18 Å². The lowest BCUT2D eigenvalue weighted by Gasteiger charge is -2.19. The van der Waals surface area contributed by atoms with Crippen LogP contribution in [0.2, 0.25) is 0 Å². The van der Waals surface area contributed by atoms with Gasteiger partial charge < -0.3 is 9.64 Å². The number of anilines is 1. The molecule has 1 saturated heterocycles. The van der Waals surface area contributed by atoms with Gasteiger partial charge in [0.1, 0.15) is 0 Å². The first-order valence-corrected chi connectivity index (χ1v) is 7.54. The fourth-order valence-corrected chi connectivity index (χ4v) is 2.67. The van der Waals surface area contributed by atoms with Gasteiger partial charge in [-0.2, -0.15) is 13.2 Å². The third-order valence-corrected chi connectivity index (χ3v) is 3.92. The summed E-state index contributed by atoms with van der Waals surface area (Å²) in [6.45, 7) is 1.52. The largest absolute Gasteiger partial charge is 0.448 e. The van der Waals surface area contributed by atoms with E-state index in [0.29, 0.717) is 5.69 Å². The minimum Gasteiger partial charge on any atom is -0.448 e. The summed E-state index contributed by atoms with van der Waals surface area (Å²) in [6, 6.07) is 4.09.